The predicted octanol–water partition coefficient (Wildman–Crippen LogP) is 3.47. The second-order valence-electron chi connectivity index (χ2n) is 6.40. The van der Waals surface area contributed by atoms with Crippen LogP contribution in [0.2, 0.25) is 0 Å². The number of allylic oxidation sites excluding steroid dienone is 1. The Kier molecular flexibility index (Phi) is 6.20. The standard InChI is InChI=1S/C19H23N3O/c1-15-9-16(2)14-22(13-15)7-8-23-19-5-3-17(4-6-19)10-18(11-20)12-21/h3-6,10,15-16H,7-9,13-14H2,1-2H3. The quantitative estimate of drug-likeness (QED) is 0.781. The van der Waals surface area contributed by atoms with Gasteiger partial charge in [-0.15, -0.1) is 0 Å². The highest BCUT2D eigenvalue weighted by Gasteiger charge is 2.21. The van der Waals surface area contributed by atoms with Gasteiger partial charge in [0.05, 0.1) is 0 Å². The van der Waals surface area contributed by atoms with Crippen molar-refractivity contribution in [2.75, 3.05) is 26.2 Å². The van der Waals surface area contributed by atoms with E-state index in [-0.39, 0.29) is 5.57 Å². The summed E-state index contributed by atoms with van der Waals surface area (Å²) in [4.78, 5) is 2.47. The van der Waals surface area contributed by atoms with Crippen LogP contribution in [0.5, 0.6) is 5.75 Å². The van der Waals surface area contributed by atoms with E-state index in [0.717, 1.165) is 42.8 Å². The van der Waals surface area contributed by atoms with Crippen LogP contribution in [0, 0.1) is 34.5 Å². The summed E-state index contributed by atoms with van der Waals surface area (Å²) in [6.45, 7) is 8.56. The summed E-state index contributed by atoms with van der Waals surface area (Å²) < 4.78 is 5.80. The van der Waals surface area contributed by atoms with Crippen LogP contribution in [0.3, 0.4) is 0 Å². The van der Waals surface area contributed by atoms with Crippen molar-refractivity contribution in [2.24, 2.45) is 11.8 Å². The summed E-state index contributed by atoms with van der Waals surface area (Å²) in [6, 6.07) is 11.2. The molecule has 23 heavy (non-hydrogen) atoms. The van der Waals surface area contributed by atoms with Crippen LogP contribution in [0.4, 0.5) is 0 Å². The second-order valence-corrected chi connectivity index (χ2v) is 6.40. The van der Waals surface area contributed by atoms with Crippen molar-refractivity contribution in [1.29, 1.82) is 10.5 Å². The molecule has 0 bridgehead atoms. The van der Waals surface area contributed by atoms with Crippen molar-refractivity contribution in [2.45, 2.75) is 20.3 Å². The molecular weight excluding hydrogens is 286 g/mol. The van der Waals surface area contributed by atoms with E-state index in [0.29, 0.717) is 6.61 Å². The molecule has 0 spiro atoms. The Bertz CT molecular complexity index is 596. The van der Waals surface area contributed by atoms with Crippen LogP contribution >= 0.6 is 0 Å². The van der Waals surface area contributed by atoms with E-state index >= 15 is 0 Å². The maximum atomic E-state index is 8.75. The monoisotopic (exact) mass is 309 g/mol. The lowest BCUT2D eigenvalue weighted by Crippen LogP contribution is -2.40. The minimum atomic E-state index is 0.104. The lowest BCUT2D eigenvalue weighted by atomic mass is 9.92. The summed E-state index contributed by atoms with van der Waals surface area (Å²) in [5.41, 5.74) is 0.932. The Morgan fingerprint density at radius 3 is 2.35 bits per heavy atom. The molecule has 1 aliphatic rings. The first-order valence-corrected chi connectivity index (χ1v) is 8.08. The van der Waals surface area contributed by atoms with Gasteiger partial charge in [0, 0.05) is 19.6 Å². The average Bonchev–Trinajstić information content (AvgIpc) is 2.53. The minimum absolute atomic E-state index is 0.104. The number of benzene rings is 1. The molecule has 1 aromatic rings. The van der Waals surface area contributed by atoms with E-state index in [2.05, 4.69) is 18.7 Å². The SMILES string of the molecule is CC1CC(C)CN(CCOc2ccc(C=C(C#N)C#N)cc2)C1. The van der Waals surface area contributed by atoms with Crippen LogP contribution in [0.25, 0.3) is 6.08 Å². The van der Waals surface area contributed by atoms with Crippen molar-refractivity contribution in [3.8, 4) is 17.9 Å². The molecule has 2 atom stereocenters. The van der Waals surface area contributed by atoms with E-state index < -0.39 is 0 Å². The van der Waals surface area contributed by atoms with E-state index in [1.54, 1.807) is 6.08 Å². The molecule has 0 saturated carbocycles. The molecule has 1 aromatic carbocycles. The summed E-state index contributed by atoms with van der Waals surface area (Å²) in [6.07, 6.45) is 2.89. The third-order valence-electron chi connectivity index (χ3n) is 4.05. The zero-order valence-electron chi connectivity index (χ0n) is 13.8. The largest absolute Gasteiger partial charge is 0.492 e. The Hall–Kier alpha value is -2.30. The Morgan fingerprint density at radius 1 is 1.17 bits per heavy atom. The van der Waals surface area contributed by atoms with Gasteiger partial charge in [0.15, 0.2) is 0 Å². The first kappa shape index (κ1) is 17.1. The molecule has 1 fully saturated rings. The summed E-state index contributed by atoms with van der Waals surface area (Å²) in [5.74, 6) is 2.34. The van der Waals surface area contributed by atoms with Crippen molar-refractivity contribution < 1.29 is 4.74 Å². The number of hydrogen-bond acceptors (Lipinski definition) is 4. The molecule has 120 valence electrons. The van der Waals surface area contributed by atoms with Crippen LogP contribution in [0.1, 0.15) is 25.8 Å². The zero-order chi connectivity index (χ0) is 16.7. The fourth-order valence-electron chi connectivity index (χ4n) is 3.18. The highest BCUT2D eigenvalue weighted by atomic mass is 16.5. The van der Waals surface area contributed by atoms with E-state index in [9.17, 15) is 0 Å². The van der Waals surface area contributed by atoms with Crippen molar-refractivity contribution in [3.05, 3.63) is 35.4 Å². The lowest BCUT2D eigenvalue weighted by molar-refractivity contribution is 0.120. The molecule has 1 aliphatic heterocycles. The molecule has 2 rings (SSSR count). The number of piperidine rings is 1. The molecular formula is C19H23N3O. The molecule has 4 nitrogen and oxygen atoms in total. The molecule has 0 radical (unpaired) electrons. The van der Waals surface area contributed by atoms with E-state index in [4.69, 9.17) is 15.3 Å². The lowest BCUT2D eigenvalue weighted by Gasteiger charge is -2.34. The van der Waals surface area contributed by atoms with Crippen molar-refractivity contribution >= 4 is 6.08 Å². The third-order valence-corrected chi connectivity index (χ3v) is 4.05. The van der Waals surface area contributed by atoms with Crippen LogP contribution in [0.15, 0.2) is 29.8 Å². The van der Waals surface area contributed by atoms with Crippen molar-refractivity contribution in [1.82, 2.24) is 4.90 Å². The summed E-state index contributed by atoms with van der Waals surface area (Å²) in [5, 5.41) is 17.5. The van der Waals surface area contributed by atoms with Gasteiger partial charge < -0.3 is 4.74 Å². The van der Waals surface area contributed by atoms with Gasteiger partial charge in [-0.1, -0.05) is 26.0 Å². The first-order valence-electron chi connectivity index (χ1n) is 8.08. The summed E-state index contributed by atoms with van der Waals surface area (Å²) in [7, 11) is 0. The molecule has 0 amide bonds. The Morgan fingerprint density at radius 2 is 1.78 bits per heavy atom. The normalized spacial score (nSPS) is 21.0. The molecule has 2 unspecified atom stereocenters. The van der Waals surface area contributed by atoms with Gasteiger partial charge in [-0.05, 0) is 42.0 Å². The molecule has 0 N–H and O–H groups in total. The third kappa shape index (κ3) is 5.43. The number of hydrogen-bond donors (Lipinski definition) is 0. The van der Waals surface area contributed by atoms with Gasteiger partial charge in [0.2, 0.25) is 0 Å². The predicted molar refractivity (Wildman–Crippen MR) is 90.5 cm³/mol. The van der Waals surface area contributed by atoms with Gasteiger partial charge in [0.25, 0.3) is 0 Å². The van der Waals surface area contributed by atoms with Gasteiger partial charge in [0.1, 0.15) is 30.1 Å². The van der Waals surface area contributed by atoms with Gasteiger partial charge in [-0.2, -0.15) is 10.5 Å². The Labute approximate surface area is 138 Å². The maximum absolute atomic E-state index is 8.75. The number of rotatable bonds is 5. The number of ether oxygens (including phenoxy) is 1. The smallest absolute Gasteiger partial charge is 0.130 e. The maximum Gasteiger partial charge on any atom is 0.130 e. The highest BCUT2D eigenvalue weighted by molar-refractivity contribution is 5.62. The van der Waals surface area contributed by atoms with Crippen LogP contribution in [-0.2, 0) is 0 Å². The zero-order valence-corrected chi connectivity index (χ0v) is 13.8. The molecule has 1 saturated heterocycles. The van der Waals surface area contributed by atoms with Gasteiger partial charge in [-0.3, -0.25) is 4.90 Å². The highest BCUT2D eigenvalue weighted by Crippen LogP contribution is 2.20. The summed E-state index contributed by atoms with van der Waals surface area (Å²) >= 11 is 0. The molecule has 0 aromatic heterocycles. The van der Waals surface area contributed by atoms with E-state index in [1.807, 2.05) is 36.4 Å². The molecule has 1 heterocycles. The van der Waals surface area contributed by atoms with Gasteiger partial charge in [-0.25, -0.2) is 0 Å². The van der Waals surface area contributed by atoms with Crippen molar-refractivity contribution in [3.63, 3.8) is 0 Å². The average molecular weight is 309 g/mol. The van der Waals surface area contributed by atoms with Gasteiger partial charge >= 0.3 is 0 Å². The number of nitriles is 2. The number of nitrogens with zero attached hydrogens (tertiary/aromatic N) is 3. The van der Waals surface area contributed by atoms with Crippen LogP contribution in [-0.4, -0.2) is 31.1 Å². The Balaban J connectivity index is 1.82. The van der Waals surface area contributed by atoms with Crippen LogP contribution < -0.4 is 4.74 Å². The fourth-order valence-corrected chi connectivity index (χ4v) is 3.18. The van der Waals surface area contributed by atoms with E-state index in [1.165, 1.54) is 6.42 Å². The first-order chi connectivity index (χ1) is 11.1. The molecule has 4 heteroatoms. The minimum Gasteiger partial charge on any atom is -0.492 e. The second kappa shape index (κ2) is 8.36. The topological polar surface area (TPSA) is 60.0 Å². The fraction of sp³-hybridized carbons (Fsp3) is 0.474. The number of likely N-dealkylation sites (tertiary alicyclic amines) is 1. The molecule has 0 aliphatic carbocycles.